The predicted molar refractivity (Wildman–Crippen MR) is 66.5 cm³/mol. The quantitative estimate of drug-likeness (QED) is 0.906. The van der Waals surface area contributed by atoms with Crippen LogP contribution in [0, 0.1) is 5.92 Å². The maximum Gasteiger partial charge on any atom is 0.222 e. The van der Waals surface area contributed by atoms with Crippen molar-refractivity contribution in [2.45, 2.75) is 6.42 Å². The number of halogens is 2. The van der Waals surface area contributed by atoms with Crippen LogP contribution in [0.15, 0.2) is 16.7 Å². The highest BCUT2D eigenvalue weighted by Gasteiger charge is 2.28. The molecule has 1 aliphatic heterocycles. The van der Waals surface area contributed by atoms with Crippen molar-refractivity contribution >= 4 is 39.3 Å². The lowest BCUT2D eigenvalue weighted by Gasteiger charge is -2.18. The summed E-state index contributed by atoms with van der Waals surface area (Å²) >= 11 is 9.23. The summed E-state index contributed by atoms with van der Waals surface area (Å²) < 4.78 is 0.838. The van der Waals surface area contributed by atoms with Crippen LogP contribution in [0.4, 0.5) is 5.82 Å². The molecule has 0 saturated carbocycles. The second kappa shape index (κ2) is 4.59. The minimum Gasteiger partial charge on any atom is -0.369 e. The third kappa shape index (κ3) is 2.30. The summed E-state index contributed by atoms with van der Waals surface area (Å²) in [5, 5.41) is 0.585. The van der Waals surface area contributed by atoms with E-state index in [1.807, 2.05) is 4.90 Å². The van der Waals surface area contributed by atoms with Crippen LogP contribution in [-0.2, 0) is 4.79 Å². The van der Waals surface area contributed by atoms with Gasteiger partial charge in [0.15, 0.2) is 0 Å². The number of nitrogens with two attached hydrogens (primary N) is 1. The molecule has 2 N–H and O–H groups in total. The molecule has 1 fully saturated rings. The van der Waals surface area contributed by atoms with Gasteiger partial charge in [0, 0.05) is 19.3 Å². The summed E-state index contributed by atoms with van der Waals surface area (Å²) in [5.41, 5.74) is 5.28. The van der Waals surface area contributed by atoms with E-state index < -0.39 is 0 Å². The van der Waals surface area contributed by atoms with Crippen molar-refractivity contribution in [2.24, 2.45) is 11.7 Å². The van der Waals surface area contributed by atoms with Crippen molar-refractivity contribution in [3.63, 3.8) is 0 Å². The number of aromatic nitrogens is 1. The first-order valence-electron chi connectivity index (χ1n) is 4.93. The first-order valence-corrected chi connectivity index (χ1v) is 6.10. The van der Waals surface area contributed by atoms with Gasteiger partial charge in [0.05, 0.1) is 15.4 Å². The van der Waals surface area contributed by atoms with Crippen molar-refractivity contribution in [3.05, 3.63) is 21.8 Å². The van der Waals surface area contributed by atoms with E-state index in [0.717, 1.165) is 23.3 Å². The fourth-order valence-corrected chi connectivity index (χ4v) is 2.71. The van der Waals surface area contributed by atoms with Gasteiger partial charge in [-0.25, -0.2) is 4.98 Å². The van der Waals surface area contributed by atoms with Gasteiger partial charge in [0.25, 0.3) is 0 Å². The van der Waals surface area contributed by atoms with Gasteiger partial charge in [-0.15, -0.1) is 0 Å². The Bertz CT molecular complexity index is 427. The third-order valence-corrected chi connectivity index (χ3v) is 3.47. The standard InChI is InChI=1S/C10H11BrClN3O/c11-8-3-7(12)4-14-10(8)15-2-1-6(5-15)9(13)16/h3-4,6H,1-2,5H2,(H2,13,16). The number of amides is 1. The molecule has 0 bridgehead atoms. The maximum absolute atomic E-state index is 11.1. The van der Waals surface area contributed by atoms with Crippen LogP contribution in [0.2, 0.25) is 5.02 Å². The SMILES string of the molecule is NC(=O)C1CCN(c2ncc(Cl)cc2Br)C1. The average molecular weight is 305 g/mol. The van der Waals surface area contributed by atoms with E-state index in [0.29, 0.717) is 11.6 Å². The number of hydrogen-bond acceptors (Lipinski definition) is 3. The molecular weight excluding hydrogens is 293 g/mol. The number of anilines is 1. The number of pyridine rings is 1. The van der Waals surface area contributed by atoms with E-state index >= 15 is 0 Å². The molecule has 6 heteroatoms. The van der Waals surface area contributed by atoms with Gasteiger partial charge >= 0.3 is 0 Å². The number of carbonyl (C=O) groups is 1. The average Bonchev–Trinajstić information content (AvgIpc) is 2.66. The molecule has 86 valence electrons. The number of hydrogen-bond donors (Lipinski definition) is 1. The molecule has 0 aromatic carbocycles. The number of rotatable bonds is 2. The van der Waals surface area contributed by atoms with Gasteiger partial charge in [-0.1, -0.05) is 11.6 Å². The Balaban J connectivity index is 2.17. The highest BCUT2D eigenvalue weighted by molar-refractivity contribution is 9.10. The van der Waals surface area contributed by atoms with Gasteiger partial charge in [-0.3, -0.25) is 4.79 Å². The minimum atomic E-state index is -0.243. The van der Waals surface area contributed by atoms with Crippen LogP contribution in [0.3, 0.4) is 0 Å². The van der Waals surface area contributed by atoms with Crippen LogP contribution in [0.25, 0.3) is 0 Å². The van der Waals surface area contributed by atoms with E-state index in [9.17, 15) is 4.79 Å². The Kier molecular flexibility index (Phi) is 3.35. The highest BCUT2D eigenvalue weighted by Crippen LogP contribution is 2.30. The van der Waals surface area contributed by atoms with Crippen LogP contribution >= 0.6 is 27.5 Å². The van der Waals surface area contributed by atoms with Gasteiger partial charge in [-0.05, 0) is 28.4 Å². The maximum atomic E-state index is 11.1. The molecule has 1 aliphatic rings. The molecule has 1 unspecified atom stereocenters. The number of carbonyl (C=O) groups excluding carboxylic acids is 1. The van der Waals surface area contributed by atoms with Gasteiger partial charge in [-0.2, -0.15) is 0 Å². The Hall–Kier alpha value is -0.810. The van der Waals surface area contributed by atoms with Crippen molar-refractivity contribution in [3.8, 4) is 0 Å². The van der Waals surface area contributed by atoms with E-state index in [2.05, 4.69) is 20.9 Å². The molecule has 1 saturated heterocycles. The van der Waals surface area contributed by atoms with E-state index in [-0.39, 0.29) is 11.8 Å². The number of nitrogens with zero attached hydrogens (tertiary/aromatic N) is 2. The first-order chi connectivity index (χ1) is 7.58. The van der Waals surface area contributed by atoms with E-state index in [1.54, 1.807) is 12.3 Å². The second-order valence-electron chi connectivity index (χ2n) is 3.79. The summed E-state index contributed by atoms with van der Waals surface area (Å²) in [7, 11) is 0. The molecule has 1 aromatic heterocycles. The second-order valence-corrected chi connectivity index (χ2v) is 5.08. The molecule has 0 spiro atoms. The molecule has 2 heterocycles. The lowest BCUT2D eigenvalue weighted by molar-refractivity contribution is -0.121. The third-order valence-electron chi connectivity index (χ3n) is 2.68. The fourth-order valence-electron chi connectivity index (χ4n) is 1.82. The summed E-state index contributed by atoms with van der Waals surface area (Å²) in [6.07, 6.45) is 2.38. The Labute approximate surface area is 107 Å². The Morgan fingerprint density at radius 1 is 1.69 bits per heavy atom. The van der Waals surface area contributed by atoms with Crippen molar-refractivity contribution in [2.75, 3.05) is 18.0 Å². The zero-order chi connectivity index (χ0) is 11.7. The van der Waals surface area contributed by atoms with Crippen LogP contribution in [-0.4, -0.2) is 24.0 Å². The van der Waals surface area contributed by atoms with Crippen molar-refractivity contribution < 1.29 is 4.79 Å². The van der Waals surface area contributed by atoms with E-state index in [1.165, 1.54) is 0 Å². The first kappa shape index (κ1) is 11.7. The molecule has 0 aliphatic carbocycles. The highest BCUT2D eigenvalue weighted by atomic mass is 79.9. The smallest absolute Gasteiger partial charge is 0.222 e. The fraction of sp³-hybridized carbons (Fsp3) is 0.400. The molecule has 1 atom stereocenters. The summed E-state index contributed by atoms with van der Waals surface area (Å²) in [5.74, 6) is 0.491. The van der Waals surface area contributed by atoms with Crippen molar-refractivity contribution in [1.82, 2.24) is 4.98 Å². The molecule has 1 amide bonds. The van der Waals surface area contributed by atoms with Crippen LogP contribution in [0.5, 0.6) is 0 Å². The summed E-state index contributed by atoms with van der Waals surface area (Å²) in [4.78, 5) is 17.3. The number of primary amides is 1. The predicted octanol–water partition coefficient (Wildman–Crippen LogP) is 1.81. The van der Waals surface area contributed by atoms with Crippen LogP contribution in [0.1, 0.15) is 6.42 Å². The van der Waals surface area contributed by atoms with Crippen molar-refractivity contribution in [1.29, 1.82) is 0 Å². The van der Waals surface area contributed by atoms with Gasteiger partial charge < -0.3 is 10.6 Å². The molecule has 16 heavy (non-hydrogen) atoms. The summed E-state index contributed by atoms with van der Waals surface area (Å²) in [6.45, 7) is 1.42. The topological polar surface area (TPSA) is 59.2 Å². The largest absolute Gasteiger partial charge is 0.369 e. The van der Waals surface area contributed by atoms with Gasteiger partial charge in [0.1, 0.15) is 5.82 Å². The van der Waals surface area contributed by atoms with Crippen LogP contribution < -0.4 is 10.6 Å². The zero-order valence-electron chi connectivity index (χ0n) is 8.49. The van der Waals surface area contributed by atoms with E-state index in [4.69, 9.17) is 17.3 Å². The monoisotopic (exact) mass is 303 g/mol. The zero-order valence-corrected chi connectivity index (χ0v) is 10.8. The Morgan fingerprint density at radius 3 is 3.00 bits per heavy atom. The minimum absolute atomic E-state index is 0.0793. The Morgan fingerprint density at radius 2 is 2.44 bits per heavy atom. The lowest BCUT2D eigenvalue weighted by atomic mass is 10.1. The molecule has 4 nitrogen and oxygen atoms in total. The molecule has 0 radical (unpaired) electrons. The summed E-state index contributed by atoms with van der Waals surface area (Å²) in [6, 6.07) is 1.79. The molecule has 2 rings (SSSR count). The molecule has 1 aromatic rings. The molecular formula is C10H11BrClN3O. The lowest BCUT2D eigenvalue weighted by Crippen LogP contribution is -2.27. The van der Waals surface area contributed by atoms with Gasteiger partial charge in [0.2, 0.25) is 5.91 Å². The normalized spacial score (nSPS) is 20.1.